The van der Waals surface area contributed by atoms with E-state index in [9.17, 15) is 19.2 Å². The summed E-state index contributed by atoms with van der Waals surface area (Å²) in [6.07, 6.45) is 0.306. The number of nitrogens with one attached hydrogen (secondary N) is 2. The van der Waals surface area contributed by atoms with Gasteiger partial charge in [-0.25, -0.2) is 9.59 Å². The average molecular weight is 360 g/mol. The van der Waals surface area contributed by atoms with Crippen LogP contribution in [0.5, 0.6) is 0 Å². The molecule has 0 aliphatic rings. The molecular formula is C18H20N2O6. The second-order valence-corrected chi connectivity index (χ2v) is 5.89. The van der Waals surface area contributed by atoms with Gasteiger partial charge in [0.05, 0.1) is 18.4 Å². The highest BCUT2D eigenvalue weighted by Crippen LogP contribution is 2.21. The van der Waals surface area contributed by atoms with Crippen LogP contribution in [0.3, 0.4) is 0 Å². The number of Topliss-reactive ketones (excluding diaryl/α,β-unsaturated/α-hetero) is 2. The van der Waals surface area contributed by atoms with Gasteiger partial charge in [0.1, 0.15) is 5.69 Å². The van der Waals surface area contributed by atoms with Gasteiger partial charge in [-0.2, -0.15) is 0 Å². The van der Waals surface area contributed by atoms with Gasteiger partial charge in [-0.3, -0.25) is 9.59 Å². The minimum atomic E-state index is -1.09. The van der Waals surface area contributed by atoms with Crippen LogP contribution >= 0.6 is 0 Å². The van der Waals surface area contributed by atoms with Crippen LogP contribution in [0.2, 0.25) is 0 Å². The molecule has 138 valence electrons. The Hall–Kier alpha value is -3.16. The fraction of sp³-hybridized carbons (Fsp3) is 0.333. The van der Waals surface area contributed by atoms with E-state index < -0.39 is 23.8 Å². The number of ketones is 2. The molecule has 0 spiro atoms. The number of aryl methyl sites for hydroxylation is 1. The number of H-pyrrole nitrogens is 2. The van der Waals surface area contributed by atoms with Gasteiger partial charge in [-0.15, -0.1) is 0 Å². The largest absolute Gasteiger partial charge is 0.465 e. The molecule has 0 aliphatic carbocycles. The molecule has 0 aromatic carbocycles. The number of hydrogen-bond donors (Lipinski definition) is 2. The second-order valence-electron chi connectivity index (χ2n) is 5.89. The fourth-order valence-electron chi connectivity index (χ4n) is 2.60. The summed E-state index contributed by atoms with van der Waals surface area (Å²) < 4.78 is 9.88. The van der Waals surface area contributed by atoms with Crippen molar-refractivity contribution >= 4 is 23.5 Å². The number of rotatable bonds is 6. The highest BCUT2D eigenvalue weighted by Gasteiger charge is 2.28. The monoisotopic (exact) mass is 360 g/mol. The Bertz CT molecular complexity index is 890. The van der Waals surface area contributed by atoms with E-state index in [2.05, 4.69) is 9.97 Å². The lowest BCUT2D eigenvalue weighted by atomic mass is 10.1. The second kappa shape index (κ2) is 7.38. The Balaban J connectivity index is 2.18. The van der Waals surface area contributed by atoms with Crippen LogP contribution in [-0.2, 0) is 9.47 Å². The number of ether oxygens (including phenoxy) is 2. The molecule has 0 aliphatic heterocycles. The van der Waals surface area contributed by atoms with Gasteiger partial charge < -0.3 is 19.4 Å². The molecule has 8 nitrogen and oxygen atoms in total. The minimum absolute atomic E-state index is 0.0736. The summed E-state index contributed by atoms with van der Waals surface area (Å²) in [7, 11) is 1.26. The number of methoxy groups -OCH3 is 1. The summed E-state index contributed by atoms with van der Waals surface area (Å²) in [6, 6.07) is 1.36. The van der Waals surface area contributed by atoms with E-state index in [-0.39, 0.29) is 22.7 Å². The van der Waals surface area contributed by atoms with Crippen molar-refractivity contribution in [2.45, 2.75) is 33.8 Å². The maximum Gasteiger partial charge on any atom is 0.355 e. The molecule has 0 bridgehead atoms. The molecule has 0 saturated carbocycles. The summed E-state index contributed by atoms with van der Waals surface area (Å²) in [4.78, 5) is 53.3. The highest BCUT2D eigenvalue weighted by molar-refractivity contribution is 6.04. The third-order valence-electron chi connectivity index (χ3n) is 4.04. The maximum atomic E-state index is 12.6. The molecule has 0 amide bonds. The molecular weight excluding hydrogens is 340 g/mol. The average Bonchev–Trinajstić information content (AvgIpc) is 3.19. The van der Waals surface area contributed by atoms with Gasteiger partial charge in [0.2, 0.25) is 5.78 Å². The van der Waals surface area contributed by atoms with Crippen LogP contribution in [0.4, 0.5) is 0 Å². The molecule has 0 fully saturated rings. The van der Waals surface area contributed by atoms with Crippen molar-refractivity contribution in [3.05, 3.63) is 46.0 Å². The summed E-state index contributed by atoms with van der Waals surface area (Å²) in [5.41, 5.74) is 1.80. The topological polar surface area (TPSA) is 118 Å². The highest BCUT2D eigenvalue weighted by atomic mass is 16.5. The molecule has 2 aromatic rings. The molecule has 8 heteroatoms. The van der Waals surface area contributed by atoms with E-state index in [0.29, 0.717) is 16.8 Å². The van der Waals surface area contributed by atoms with Gasteiger partial charge >= 0.3 is 11.9 Å². The molecule has 0 radical (unpaired) electrons. The van der Waals surface area contributed by atoms with E-state index in [1.807, 2.05) is 0 Å². The van der Waals surface area contributed by atoms with Crippen molar-refractivity contribution in [3.63, 3.8) is 0 Å². The molecule has 26 heavy (non-hydrogen) atoms. The zero-order valence-electron chi connectivity index (χ0n) is 15.2. The number of hydrogen-bond acceptors (Lipinski definition) is 6. The first-order chi connectivity index (χ1) is 12.2. The summed E-state index contributed by atoms with van der Waals surface area (Å²) in [5.74, 6) is -1.99. The van der Waals surface area contributed by atoms with Crippen molar-refractivity contribution in [1.29, 1.82) is 0 Å². The predicted octanol–water partition coefficient (Wildman–Crippen LogP) is 2.38. The fourth-order valence-corrected chi connectivity index (χ4v) is 2.60. The van der Waals surface area contributed by atoms with Crippen LogP contribution < -0.4 is 0 Å². The molecule has 2 N–H and O–H groups in total. The standard InChI is InChI=1S/C18H20N2O6/c1-8-14(18(24)25-5)9(2)20-15(8)16(22)11(4)26-17(23)13-6-12(7-19-13)10(3)21/h6-7,11,19-20H,1-5H3/t11-/m1/s1. The third-order valence-corrected chi connectivity index (χ3v) is 4.04. The van der Waals surface area contributed by atoms with Crippen LogP contribution in [-0.4, -0.2) is 46.7 Å². The van der Waals surface area contributed by atoms with Crippen molar-refractivity contribution < 1.29 is 28.7 Å². The normalized spacial score (nSPS) is 11.7. The van der Waals surface area contributed by atoms with Gasteiger partial charge in [-0.1, -0.05) is 0 Å². The van der Waals surface area contributed by atoms with Crippen molar-refractivity contribution in [2.24, 2.45) is 0 Å². The molecule has 2 rings (SSSR count). The molecule has 2 heterocycles. The number of aromatic amines is 2. The predicted molar refractivity (Wildman–Crippen MR) is 91.6 cm³/mol. The van der Waals surface area contributed by atoms with Crippen molar-refractivity contribution in [1.82, 2.24) is 9.97 Å². The van der Waals surface area contributed by atoms with Crippen LogP contribution in [0.1, 0.15) is 66.8 Å². The number of carbonyl (C=O) groups excluding carboxylic acids is 4. The first-order valence-corrected chi connectivity index (χ1v) is 7.89. The molecule has 0 saturated heterocycles. The lowest BCUT2D eigenvalue weighted by Gasteiger charge is -2.11. The molecule has 2 aromatic heterocycles. The van der Waals surface area contributed by atoms with Gasteiger partial charge in [0.25, 0.3) is 0 Å². The SMILES string of the molecule is COC(=O)c1c(C)[nH]c(C(=O)[C@@H](C)OC(=O)c2cc(C(C)=O)c[nH]2)c1C. The Morgan fingerprint density at radius 3 is 2.31 bits per heavy atom. The minimum Gasteiger partial charge on any atom is -0.465 e. The summed E-state index contributed by atoms with van der Waals surface area (Å²) in [5, 5.41) is 0. The van der Waals surface area contributed by atoms with Crippen LogP contribution in [0.15, 0.2) is 12.3 Å². The van der Waals surface area contributed by atoms with E-state index in [1.54, 1.807) is 13.8 Å². The Labute approximate surface area is 149 Å². The Morgan fingerprint density at radius 2 is 1.77 bits per heavy atom. The smallest absolute Gasteiger partial charge is 0.355 e. The molecule has 0 unspecified atom stereocenters. The molecule has 1 atom stereocenters. The van der Waals surface area contributed by atoms with E-state index >= 15 is 0 Å². The lowest BCUT2D eigenvalue weighted by Crippen LogP contribution is -2.25. The number of aromatic nitrogens is 2. The Morgan fingerprint density at radius 1 is 1.12 bits per heavy atom. The third kappa shape index (κ3) is 3.58. The zero-order valence-corrected chi connectivity index (χ0v) is 15.2. The first kappa shape index (κ1) is 19.2. The zero-order chi connectivity index (χ0) is 19.6. The van der Waals surface area contributed by atoms with Crippen LogP contribution in [0.25, 0.3) is 0 Å². The summed E-state index contributed by atoms with van der Waals surface area (Å²) in [6.45, 7) is 6.07. The van der Waals surface area contributed by atoms with E-state index in [0.717, 1.165) is 0 Å². The van der Waals surface area contributed by atoms with E-state index in [1.165, 1.54) is 33.2 Å². The number of esters is 2. The van der Waals surface area contributed by atoms with Gasteiger partial charge in [0.15, 0.2) is 11.9 Å². The van der Waals surface area contributed by atoms with E-state index in [4.69, 9.17) is 9.47 Å². The summed E-state index contributed by atoms with van der Waals surface area (Å²) >= 11 is 0. The maximum absolute atomic E-state index is 12.6. The van der Waals surface area contributed by atoms with Crippen LogP contribution in [0, 0.1) is 13.8 Å². The van der Waals surface area contributed by atoms with Crippen molar-refractivity contribution in [3.8, 4) is 0 Å². The first-order valence-electron chi connectivity index (χ1n) is 7.89. The van der Waals surface area contributed by atoms with Gasteiger partial charge in [-0.05, 0) is 39.3 Å². The quantitative estimate of drug-likeness (QED) is 0.603. The number of carbonyl (C=O) groups is 4. The van der Waals surface area contributed by atoms with Crippen molar-refractivity contribution in [2.75, 3.05) is 7.11 Å². The van der Waals surface area contributed by atoms with Gasteiger partial charge in [0, 0.05) is 17.5 Å². The Kier molecular flexibility index (Phi) is 5.44. The lowest BCUT2D eigenvalue weighted by molar-refractivity contribution is 0.0311.